The lowest BCUT2D eigenvalue weighted by Crippen LogP contribution is -2.13. The van der Waals surface area contributed by atoms with Crippen molar-refractivity contribution in [1.82, 2.24) is 0 Å². The van der Waals surface area contributed by atoms with E-state index in [9.17, 15) is 8.78 Å². The van der Waals surface area contributed by atoms with Gasteiger partial charge in [-0.15, -0.1) is 0 Å². The van der Waals surface area contributed by atoms with E-state index >= 15 is 0 Å². The molecule has 92 valence electrons. The summed E-state index contributed by atoms with van der Waals surface area (Å²) in [6.07, 6.45) is 1.98. The van der Waals surface area contributed by atoms with Gasteiger partial charge in [-0.3, -0.25) is 0 Å². The van der Waals surface area contributed by atoms with E-state index < -0.39 is 11.6 Å². The van der Waals surface area contributed by atoms with Gasteiger partial charge in [-0.1, -0.05) is 25.6 Å². The SMILES string of the molecule is CCC1CC1Nc1c(F)cc(C(N)=S)cc1F. The van der Waals surface area contributed by atoms with E-state index in [1.807, 2.05) is 0 Å². The van der Waals surface area contributed by atoms with Crippen molar-refractivity contribution in [3.05, 3.63) is 29.3 Å². The zero-order valence-electron chi connectivity index (χ0n) is 9.47. The van der Waals surface area contributed by atoms with Gasteiger partial charge < -0.3 is 11.1 Å². The highest BCUT2D eigenvalue weighted by atomic mass is 32.1. The number of rotatable bonds is 4. The van der Waals surface area contributed by atoms with Crippen LogP contribution in [0.3, 0.4) is 0 Å². The fraction of sp³-hybridized carbons (Fsp3) is 0.417. The molecule has 0 saturated heterocycles. The average Bonchev–Trinajstić information content (AvgIpc) is 3.01. The molecule has 0 spiro atoms. The Bertz CT molecular complexity index is 439. The number of nitrogens with one attached hydrogen (secondary N) is 1. The van der Waals surface area contributed by atoms with E-state index in [1.54, 1.807) is 0 Å². The molecule has 0 amide bonds. The van der Waals surface area contributed by atoms with Gasteiger partial charge in [0.2, 0.25) is 0 Å². The molecule has 2 unspecified atom stereocenters. The van der Waals surface area contributed by atoms with Crippen molar-refractivity contribution in [2.45, 2.75) is 25.8 Å². The standard InChI is InChI=1S/C12H14F2N2S/c1-2-6-5-10(6)16-11-8(13)3-7(12(15)17)4-9(11)14/h3-4,6,10,16H,2,5H2,1H3,(H2,15,17). The van der Waals surface area contributed by atoms with Gasteiger partial charge in [-0.25, -0.2) is 8.78 Å². The minimum absolute atomic E-state index is 0.00722. The molecule has 3 N–H and O–H groups in total. The summed E-state index contributed by atoms with van der Waals surface area (Å²) in [7, 11) is 0. The van der Waals surface area contributed by atoms with Crippen LogP contribution in [0.25, 0.3) is 0 Å². The van der Waals surface area contributed by atoms with Crippen LogP contribution in [0.2, 0.25) is 0 Å². The molecular formula is C12H14F2N2S. The van der Waals surface area contributed by atoms with Gasteiger partial charge >= 0.3 is 0 Å². The number of hydrogen-bond donors (Lipinski definition) is 2. The first-order valence-corrected chi connectivity index (χ1v) is 5.99. The monoisotopic (exact) mass is 256 g/mol. The minimum Gasteiger partial charge on any atom is -0.389 e. The molecule has 0 bridgehead atoms. The third-order valence-corrected chi connectivity index (χ3v) is 3.34. The van der Waals surface area contributed by atoms with Crippen LogP contribution in [-0.2, 0) is 0 Å². The molecule has 0 aromatic heterocycles. The Balaban J connectivity index is 2.20. The summed E-state index contributed by atoms with van der Waals surface area (Å²) in [6.45, 7) is 2.06. The maximum absolute atomic E-state index is 13.7. The van der Waals surface area contributed by atoms with Crippen LogP contribution >= 0.6 is 12.2 Å². The van der Waals surface area contributed by atoms with E-state index in [2.05, 4.69) is 24.5 Å². The Hall–Kier alpha value is -1.23. The van der Waals surface area contributed by atoms with Crippen molar-refractivity contribution in [2.75, 3.05) is 5.32 Å². The van der Waals surface area contributed by atoms with Gasteiger partial charge in [0.05, 0.1) is 0 Å². The molecule has 0 heterocycles. The van der Waals surface area contributed by atoms with E-state index in [0.717, 1.165) is 25.0 Å². The van der Waals surface area contributed by atoms with Crippen LogP contribution in [0.15, 0.2) is 12.1 Å². The lowest BCUT2D eigenvalue weighted by molar-refractivity contribution is 0.586. The second kappa shape index (κ2) is 4.56. The van der Waals surface area contributed by atoms with Gasteiger partial charge in [0.25, 0.3) is 0 Å². The molecule has 17 heavy (non-hydrogen) atoms. The van der Waals surface area contributed by atoms with E-state index in [1.165, 1.54) is 0 Å². The third-order valence-electron chi connectivity index (χ3n) is 3.10. The molecule has 1 saturated carbocycles. The van der Waals surface area contributed by atoms with Crippen LogP contribution in [0.5, 0.6) is 0 Å². The highest BCUT2D eigenvalue weighted by molar-refractivity contribution is 7.80. The first kappa shape index (κ1) is 12.2. The topological polar surface area (TPSA) is 38.0 Å². The maximum atomic E-state index is 13.7. The van der Waals surface area contributed by atoms with Crippen LogP contribution in [-0.4, -0.2) is 11.0 Å². The van der Waals surface area contributed by atoms with Crippen molar-refractivity contribution in [3.63, 3.8) is 0 Å². The van der Waals surface area contributed by atoms with Gasteiger partial charge in [-0.2, -0.15) is 0 Å². The van der Waals surface area contributed by atoms with Crippen molar-refractivity contribution in [2.24, 2.45) is 11.7 Å². The Morgan fingerprint density at radius 3 is 2.47 bits per heavy atom. The van der Waals surface area contributed by atoms with Crippen molar-refractivity contribution >= 4 is 22.9 Å². The van der Waals surface area contributed by atoms with E-state index in [0.29, 0.717) is 5.92 Å². The molecule has 1 aromatic rings. The predicted octanol–water partition coefficient (Wildman–Crippen LogP) is 2.81. The average molecular weight is 256 g/mol. The second-order valence-corrected chi connectivity index (χ2v) is 4.77. The molecule has 2 nitrogen and oxygen atoms in total. The quantitative estimate of drug-likeness (QED) is 0.814. The smallest absolute Gasteiger partial charge is 0.150 e. The van der Waals surface area contributed by atoms with Crippen LogP contribution in [0, 0.1) is 17.6 Å². The molecule has 5 heteroatoms. The Kier molecular flexibility index (Phi) is 3.28. The molecule has 0 aliphatic heterocycles. The number of benzene rings is 1. The summed E-state index contributed by atoms with van der Waals surface area (Å²) in [4.78, 5) is -0.00722. The third kappa shape index (κ3) is 2.54. The Morgan fingerprint density at radius 1 is 1.47 bits per heavy atom. The summed E-state index contributed by atoms with van der Waals surface area (Å²) in [5, 5.41) is 2.89. The maximum Gasteiger partial charge on any atom is 0.150 e. The fourth-order valence-electron chi connectivity index (χ4n) is 1.91. The van der Waals surface area contributed by atoms with Crippen LogP contribution in [0.1, 0.15) is 25.3 Å². The van der Waals surface area contributed by atoms with Crippen molar-refractivity contribution in [1.29, 1.82) is 0 Å². The zero-order chi connectivity index (χ0) is 12.6. The predicted molar refractivity (Wildman–Crippen MR) is 68.1 cm³/mol. The Morgan fingerprint density at radius 2 is 2.06 bits per heavy atom. The molecule has 1 aliphatic rings. The van der Waals surface area contributed by atoms with Gasteiger partial charge in [0.15, 0.2) is 0 Å². The van der Waals surface area contributed by atoms with Crippen LogP contribution < -0.4 is 11.1 Å². The van der Waals surface area contributed by atoms with Crippen molar-refractivity contribution < 1.29 is 8.78 Å². The summed E-state index contributed by atoms with van der Waals surface area (Å²) >= 11 is 4.69. The van der Waals surface area contributed by atoms with Gasteiger partial charge in [0.1, 0.15) is 22.3 Å². The largest absolute Gasteiger partial charge is 0.389 e. The lowest BCUT2D eigenvalue weighted by atomic mass is 10.2. The number of nitrogens with two attached hydrogens (primary N) is 1. The first-order chi connectivity index (χ1) is 8.02. The highest BCUT2D eigenvalue weighted by Crippen LogP contribution is 2.37. The number of halogens is 2. The van der Waals surface area contributed by atoms with Gasteiger partial charge in [-0.05, 0) is 24.5 Å². The molecule has 1 aliphatic carbocycles. The fourth-order valence-corrected chi connectivity index (χ4v) is 2.03. The van der Waals surface area contributed by atoms with E-state index in [4.69, 9.17) is 5.73 Å². The normalized spacial score (nSPS) is 22.3. The molecular weight excluding hydrogens is 242 g/mol. The molecule has 0 radical (unpaired) electrons. The second-order valence-electron chi connectivity index (χ2n) is 4.33. The van der Waals surface area contributed by atoms with Gasteiger partial charge in [0, 0.05) is 11.6 Å². The number of hydrogen-bond acceptors (Lipinski definition) is 2. The highest BCUT2D eigenvalue weighted by Gasteiger charge is 2.36. The molecule has 1 aromatic carbocycles. The first-order valence-electron chi connectivity index (χ1n) is 5.58. The summed E-state index contributed by atoms with van der Waals surface area (Å²) < 4.78 is 27.3. The number of anilines is 1. The lowest BCUT2D eigenvalue weighted by Gasteiger charge is -2.10. The van der Waals surface area contributed by atoms with E-state index in [-0.39, 0.29) is 22.3 Å². The summed E-state index contributed by atoms with van der Waals surface area (Å²) in [5.74, 6) is -0.770. The van der Waals surface area contributed by atoms with Crippen LogP contribution in [0.4, 0.5) is 14.5 Å². The number of thiocarbonyl (C=S) groups is 1. The summed E-state index contributed by atoms with van der Waals surface area (Å²) in [5.41, 5.74) is 5.47. The minimum atomic E-state index is -0.644. The Labute approximate surface area is 104 Å². The molecule has 2 rings (SSSR count). The zero-order valence-corrected chi connectivity index (χ0v) is 10.3. The van der Waals surface area contributed by atoms with Crippen molar-refractivity contribution in [3.8, 4) is 0 Å². The summed E-state index contributed by atoms with van der Waals surface area (Å²) in [6, 6.07) is 2.51. The molecule has 1 fully saturated rings. The molecule has 2 atom stereocenters.